The zero-order chi connectivity index (χ0) is 12.5. The van der Waals surface area contributed by atoms with Crippen LogP contribution in [0, 0.1) is 0 Å². The van der Waals surface area contributed by atoms with Crippen molar-refractivity contribution in [3.63, 3.8) is 0 Å². The summed E-state index contributed by atoms with van der Waals surface area (Å²) in [4.78, 5) is 0. The van der Waals surface area contributed by atoms with Gasteiger partial charge in [-0.1, -0.05) is 16.3 Å². The molecule has 1 aromatic heterocycles. The third kappa shape index (κ3) is 3.36. The Morgan fingerprint density at radius 1 is 1.35 bits per heavy atom. The molecule has 0 unspecified atom stereocenters. The molecule has 0 spiro atoms. The van der Waals surface area contributed by atoms with Crippen molar-refractivity contribution in [1.29, 1.82) is 0 Å². The van der Waals surface area contributed by atoms with Crippen LogP contribution in [-0.4, -0.2) is 23.8 Å². The molecule has 0 amide bonds. The van der Waals surface area contributed by atoms with Crippen LogP contribution in [0.4, 0.5) is 0 Å². The molecule has 2 rings (SSSR count). The van der Waals surface area contributed by atoms with E-state index in [2.05, 4.69) is 5.10 Å². The van der Waals surface area contributed by atoms with Gasteiger partial charge in [0.2, 0.25) is 0 Å². The topological polar surface area (TPSA) is 71.1 Å². The van der Waals surface area contributed by atoms with Gasteiger partial charge in [-0.25, -0.2) is 0 Å². The zero-order valence-corrected chi connectivity index (χ0v) is 10.3. The van der Waals surface area contributed by atoms with E-state index in [-0.39, 0.29) is 12.3 Å². The second-order valence-corrected chi connectivity index (χ2v) is 5.58. The standard InChI is InChI=1S/C10H9ClN2O3S/c11-9-1-2-10-8(7-9)3-4-13(12-10)5-6-17(14,15)16/h1-4,7H,5-6H2/p+1. The quantitative estimate of drug-likeness (QED) is 0.671. The van der Waals surface area contributed by atoms with Crippen LogP contribution in [0.1, 0.15) is 0 Å². The van der Waals surface area contributed by atoms with Crippen LogP contribution in [0.25, 0.3) is 10.9 Å². The molecule has 1 heterocycles. The Morgan fingerprint density at radius 3 is 2.82 bits per heavy atom. The molecular formula is C10H10ClN2O3S+. The van der Waals surface area contributed by atoms with Gasteiger partial charge in [-0.2, -0.15) is 8.42 Å². The van der Waals surface area contributed by atoms with Crippen LogP contribution in [0.5, 0.6) is 0 Å². The van der Waals surface area contributed by atoms with Crippen LogP contribution in [0.3, 0.4) is 0 Å². The van der Waals surface area contributed by atoms with Crippen molar-refractivity contribution in [3.8, 4) is 0 Å². The Morgan fingerprint density at radius 2 is 2.12 bits per heavy atom. The van der Waals surface area contributed by atoms with Gasteiger partial charge in [0, 0.05) is 21.6 Å². The highest BCUT2D eigenvalue weighted by molar-refractivity contribution is 7.85. The maximum Gasteiger partial charge on any atom is 0.271 e. The second kappa shape index (κ2) is 4.56. The first kappa shape index (κ1) is 12.2. The number of aromatic nitrogens is 2. The lowest BCUT2D eigenvalue weighted by Gasteiger charge is -1.97. The van der Waals surface area contributed by atoms with Crippen molar-refractivity contribution in [1.82, 2.24) is 5.10 Å². The monoisotopic (exact) mass is 273 g/mol. The summed E-state index contributed by atoms with van der Waals surface area (Å²) in [6.45, 7) is 0.109. The molecule has 1 aromatic carbocycles. The fraction of sp³-hybridized carbons (Fsp3) is 0.200. The number of fused-ring (bicyclic) bond motifs is 1. The molecule has 5 nitrogen and oxygen atoms in total. The molecule has 1 N–H and O–H groups in total. The fourth-order valence-corrected chi connectivity index (χ4v) is 2.02. The van der Waals surface area contributed by atoms with Gasteiger partial charge in [0.25, 0.3) is 10.1 Å². The van der Waals surface area contributed by atoms with Gasteiger partial charge in [0.05, 0.1) is 0 Å². The van der Waals surface area contributed by atoms with E-state index < -0.39 is 10.1 Å². The summed E-state index contributed by atoms with van der Waals surface area (Å²) in [7, 11) is -3.96. The lowest BCUT2D eigenvalue weighted by molar-refractivity contribution is -0.747. The fourth-order valence-electron chi connectivity index (χ4n) is 1.42. The molecule has 17 heavy (non-hydrogen) atoms. The van der Waals surface area contributed by atoms with Crippen molar-refractivity contribution in [2.24, 2.45) is 0 Å². The molecule has 0 saturated carbocycles. The Bertz CT molecular complexity index is 658. The van der Waals surface area contributed by atoms with Crippen molar-refractivity contribution in [2.45, 2.75) is 6.54 Å². The molecule has 0 saturated heterocycles. The Kier molecular flexibility index (Phi) is 3.28. The molecule has 90 valence electrons. The Balaban J connectivity index is 2.29. The number of halogens is 1. The summed E-state index contributed by atoms with van der Waals surface area (Å²) in [5.74, 6) is -0.357. The minimum atomic E-state index is -3.96. The minimum Gasteiger partial charge on any atom is -0.285 e. The lowest BCUT2D eigenvalue weighted by atomic mass is 10.2. The van der Waals surface area contributed by atoms with Gasteiger partial charge < -0.3 is 0 Å². The third-order valence-electron chi connectivity index (χ3n) is 2.23. The average Bonchev–Trinajstić information content (AvgIpc) is 2.25. The number of nitrogens with zero attached hydrogens (tertiary/aromatic N) is 2. The normalized spacial score (nSPS) is 11.9. The number of hydrogen-bond donors (Lipinski definition) is 1. The Hall–Kier alpha value is -1.24. The first-order chi connectivity index (χ1) is 7.94. The van der Waals surface area contributed by atoms with E-state index in [0.717, 1.165) is 5.39 Å². The summed E-state index contributed by atoms with van der Waals surface area (Å²) in [5, 5.41) is 5.70. The van der Waals surface area contributed by atoms with Crippen molar-refractivity contribution in [2.75, 3.05) is 5.75 Å². The van der Waals surface area contributed by atoms with E-state index in [1.807, 2.05) is 0 Å². The lowest BCUT2D eigenvalue weighted by Crippen LogP contribution is -2.40. The van der Waals surface area contributed by atoms with Crippen molar-refractivity contribution < 1.29 is 17.7 Å². The van der Waals surface area contributed by atoms with Gasteiger partial charge >= 0.3 is 0 Å². The van der Waals surface area contributed by atoms with Crippen molar-refractivity contribution >= 4 is 32.6 Å². The SMILES string of the molecule is O=S(=O)(O)CC[n+]1ccc2cc(Cl)ccc2n1. The van der Waals surface area contributed by atoms with Gasteiger partial charge in [-0.05, 0) is 18.2 Å². The van der Waals surface area contributed by atoms with E-state index in [9.17, 15) is 8.42 Å². The molecule has 0 bridgehead atoms. The minimum absolute atomic E-state index is 0.109. The summed E-state index contributed by atoms with van der Waals surface area (Å²) < 4.78 is 31.3. The first-order valence-electron chi connectivity index (χ1n) is 4.85. The molecule has 0 radical (unpaired) electrons. The van der Waals surface area contributed by atoms with Gasteiger partial charge in [0.15, 0.2) is 12.7 Å². The average molecular weight is 274 g/mol. The van der Waals surface area contributed by atoms with E-state index in [4.69, 9.17) is 16.2 Å². The van der Waals surface area contributed by atoms with Gasteiger partial charge in [-0.15, -0.1) is 0 Å². The highest BCUT2D eigenvalue weighted by atomic mass is 35.5. The largest absolute Gasteiger partial charge is 0.285 e. The van der Waals surface area contributed by atoms with E-state index in [1.54, 1.807) is 30.5 Å². The number of aryl methyl sites for hydroxylation is 1. The summed E-state index contributed by atoms with van der Waals surface area (Å²) in [6.07, 6.45) is 1.64. The van der Waals surface area contributed by atoms with Gasteiger partial charge in [0.1, 0.15) is 11.3 Å². The summed E-state index contributed by atoms with van der Waals surface area (Å²) in [5.41, 5.74) is 0.715. The molecule has 0 aliphatic heterocycles. The van der Waals surface area contributed by atoms with Crippen LogP contribution in [0.2, 0.25) is 5.02 Å². The smallest absolute Gasteiger partial charge is 0.271 e. The molecule has 2 aromatic rings. The van der Waals surface area contributed by atoms with Crippen LogP contribution in [0.15, 0.2) is 30.5 Å². The number of rotatable bonds is 3. The van der Waals surface area contributed by atoms with Gasteiger partial charge in [-0.3, -0.25) is 4.55 Å². The van der Waals surface area contributed by atoms with E-state index >= 15 is 0 Å². The maximum absolute atomic E-state index is 10.6. The molecule has 0 aliphatic carbocycles. The predicted octanol–water partition coefficient (Wildman–Crippen LogP) is 1.06. The number of hydrogen-bond acceptors (Lipinski definition) is 3. The molecule has 7 heteroatoms. The molecular weight excluding hydrogens is 264 g/mol. The highest BCUT2D eigenvalue weighted by Gasteiger charge is 2.11. The summed E-state index contributed by atoms with van der Waals surface area (Å²) >= 11 is 5.83. The molecule has 0 atom stereocenters. The van der Waals surface area contributed by atoms with Crippen LogP contribution in [-0.2, 0) is 16.7 Å². The molecule has 0 aliphatic rings. The third-order valence-corrected chi connectivity index (χ3v) is 3.16. The summed E-state index contributed by atoms with van der Waals surface area (Å²) in [6, 6.07) is 7.03. The van der Waals surface area contributed by atoms with E-state index in [1.165, 1.54) is 4.68 Å². The maximum atomic E-state index is 10.6. The predicted molar refractivity (Wildman–Crippen MR) is 63.4 cm³/mol. The van der Waals surface area contributed by atoms with Crippen LogP contribution >= 0.6 is 11.6 Å². The van der Waals surface area contributed by atoms with Crippen molar-refractivity contribution in [3.05, 3.63) is 35.5 Å². The zero-order valence-electron chi connectivity index (χ0n) is 8.75. The first-order valence-corrected chi connectivity index (χ1v) is 6.84. The highest BCUT2D eigenvalue weighted by Crippen LogP contribution is 2.15. The van der Waals surface area contributed by atoms with E-state index in [0.29, 0.717) is 10.5 Å². The van der Waals surface area contributed by atoms with Crippen LogP contribution < -0.4 is 4.68 Å². The number of benzene rings is 1. The molecule has 0 fully saturated rings. The Labute approximate surface area is 103 Å². The second-order valence-electron chi connectivity index (χ2n) is 3.57.